The molecule has 0 aliphatic heterocycles. The maximum Gasteiger partial charge on any atom is 0.217 e. The van der Waals surface area contributed by atoms with Gasteiger partial charge in [-0.15, -0.1) is 26.3 Å². The molecule has 0 aromatic heterocycles. The van der Waals surface area contributed by atoms with Crippen molar-refractivity contribution >= 4 is 5.96 Å². The Bertz CT molecular complexity index is 256. The Morgan fingerprint density at radius 3 is 1.88 bits per heavy atom. The van der Waals surface area contributed by atoms with E-state index >= 15 is 0 Å². The number of hydrogen-bond acceptors (Lipinski definition) is 1. The molecule has 3 heteroatoms. The molecule has 0 fully saturated rings. The summed E-state index contributed by atoms with van der Waals surface area (Å²) in [7, 11) is 0. The summed E-state index contributed by atoms with van der Waals surface area (Å²) in [5.74, 6) is 0.694. The van der Waals surface area contributed by atoms with Crippen LogP contribution >= 0.6 is 0 Å². The molecule has 0 aromatic carbocycles. The molecule has 0 saturated carbocycles. The zero-order valence-corrected chi connectivity index (χ0v) is 9.81. The Balaban J connectivity index is 4.62. The first-order chi connectivity index (χ1) is 7.79. The Labute approximate surface area is 98.6 Å². The lowest BCUT2D eigenvalue weighted by molar-refractivity contribution is 0.490. The van der Waals surface area contributed by atoms with Crippen LogP contribution in [-0.2, 0) is 0 Å². The largest absolute Gasteiger partial charge is 0.334 e. The van der Waals surface area contributed by atoms with Gasteiger partial charge in [-0.3, -0.25) is 0 Å². The van der Waals surface area contributed by atoms with Gasteiger partial charge in [0.05, 0.1) is 13.1 Å². The number of aliphatic imine (C=N–C) groups is 1. The predicted octanol–water partition coefficient (Wildman–Crippen LogP) is 1.99. The van der Waals surface area contributed by atoms with Crippen molar-refractivity contribution in [1.82, 2.24) is 10.2 Å². The average Bonchev–Trinajstić information content (AvgIpc) is 2.29. The molecule has 0 N–H and O–H groups in total. The fourth-order valence-electron chi connectivity index (χ4n) is 1.09. The van der Waals surface area contributed by atoms with Gasteiger partial charge in [-0.1, -0.05) is 24.3 Å². The van der Waals surface area contributed by atoms with Crippen molar-refractivity contribution in [2.75, 3.05) is 26.2 Å². The molecule has 3 nitrogen and oxygen atoms in total. The fourth-order valence-corrected chi connectivity index (χ4v) is 1.09. The molecule has 0 aliphatic carbocycles. The van der Waals surface area contributed by atoms with Crippen LogP contribution in [-0.4, -0.2) is 37.0 Å². The predicted molar refractivity (Wildman–Crippen MR) is 71.7 cm³/mol. The summed E-state index contributed by atoms with van der Waals surface area (Å²) < 4.78 is 0. The summed E-state index contributed by atoms with van der Waals surface area (Å²) >= 11 is 0. The second-order valence-corrected chi connectivity index (χ2v) is 3.04. The zero-order chi connectivity index (χ0) is 12.2. The Morgan fingerprint density at radius 2 is 1.44 bits per heavy atom. The normalized spacial score (nSPS) is 10.4. The van der Waals surface area contributed by atoms with Gasteiger partial charge >= 0.3 is 0 Å². The highest BCUT2D eigenvalue weighted by molar-refractivity contribution is 5.80. The molecule has 0 spiro atoms. The highest BCUT2D eigenvalue weighted by Crippen LogP contribution is 1.93. The maximum absolute atomic E-state index is 4.33. The van der Waals surface area contributed by atoms with Gasteiger partial charge in [-0.05, 0) is 0 Å². The van der Waals surface area contributed by atoms with Crippen LogP contribution in [0.1, 0.15) is 0 Å². The monoisotopic (exact) mass is 218 g/mol. The van der Waals surface area contributed by atoms with Gasteiger partial charge in [0.2, 0.25) is 5.96 Å². The third-order valence-corrected chi connectivity index (χ3v) is 1.71. The van der Waals surface area contributed by atoms with Crippen LogP contribution < -0.4 is 5.32 Å². The number of nitrogens with zero attached hydrogens (tertiary/aromatic N) is 3. The highest BCUT2D eigenvalue weighted by Gasteiger charge is 2.07. The SMILES string of the molecule is C=CC[N]/C(=N/CC=C)N(CC=C)CC=C. The van der Waals surface area contributed by atoms with E-state index in [-0.39, 0.29) is 0 Å². The molecule has 87 valence electrons. The lowest BCUT2D eigenvalue weighted by atomic mass is 10.4. The van der Waals surface area contributed by atoms with Crippen LogP contribution in [0, 0.1) is 0 Å². The van der Waals surface area contributed by atoms with E-state index in [0.717, 1.165) is 0 Å². The summed E-state index contributed by atoms with van der Waals surface area (Å²) in [4.78, 5) is 6.32. The fraction of sp³-hybridized carbons (Fsp3) is 0.308. The van der Waals surface area contributed by atoms with Crippen molar-refractivity contribution in [3.8, 4) is 0 Å². The quantitative estimate of drug-likeness (QED) is 0.348. The number of hydrogen-bond donors (Lipinski definition) is 0. The summed E-state index contributed by atoms with van der Waals surface area (Å²) in [5.41, 5.74) is 0. The summed E-state index contributed by atoms with van der Waals surface area (Å²) in [5, 5.41) is 4.33. The average molecular weight is 218 g/mol. The van der Waals surface area contributed by atoms with E-state index in [9.17, 15) is 0 Å². The highest BCUT2D eigenvalue weighted by atomic mass is 15.3. The van der Waals surface area contributed by atoms with E-state index in [2.05, 4.69) is 36.6 Å². The zero-order valence-electron chi connectivity index (χ0n) is 9.81. The van der Waals surface area contributed by atoms with Crippen LogP contribution in [0.25, 0.3) is 0 Å². The molecule has 0 heterocycles. The molecule has 0 rings (SSSR count). The first kappa shape index (κ1) is 14.2. The summed E-state index contributed by atoms with van der Waals surface area (Å²) in [6.45, 7) is 17.2. The first-order valence-corrected chi connectivity index (χ1v) is 5.20. The van der Waals surface area contributed by atoms with E-state index in [0.29, 0.717) is 32.1 Å². The maximum atomic E-state index is 4.33. The first-order valence-electron chi connectivity index (χ1n) is 5.20. The van der Waals surface area contributed by atoms with E-state index in [1.165, 1.54) is 0 Å². The minimum atomic E-state index is 0.556. The van der Waals surface area contributed by atoms with Gasteiger partial charge in [0.25, 0.3) is 0 Å². The molecule has 0 atom stereocenters. The van der Waals surface area contributed by atoms with Gasteiger partial charge < -0.3 is 4.90 Å². The van der Waals surface area contributed by atoms with Crippen molar-refractivity contribution in [3.05, 3.63) is 50.6 Å². The number of guanidine groups is 1. The standard InChI is InChI=1S/C13H20N3/c1-5-9-14-13(15-10-6-2)16(11-7-3)12-8-4/h5-8H,1-4,9-12H2/b14-13-. The van der Waals surface area contributed by atoms with Crippen LogP contribution in [0.4, 0.5) is 0 Å². The second-order valence-electron chi connectivity index (χ2n) is 3.04. The van der Waals surface area contributed by atoms with Crippen molar-refractivity contribution in [1.29, 1.82) is 0 Å². The minimum absolute atomic E-state index is 0.556. The summed E-state index contributed by atoms with van der Waals surface area (Å²) in [6.07, 6.45) is 7.11. The van der Waals surface area contributed by atoms with Crippen molar-refractivity contribution in [3.63, 3.8) is 0 Å². The number of rotatable bonds is 8. The smallest absolute Gasteiger partial charge is 0.217 e. The molecule has 0 aliphatic rings. The molecular formula is C13H20N3. The van der Waals surface area contributed by atoms with Gasteiger partial charge in [-0.2, -0.15) is 0 Å². The minimum Gasteiger partial charge on any atom is -0.334 e. The van der Waals surface area contributed by atoms with Crippen molar-refractivity contribution in [2.45, 2.75) is 0 Å². The van der Waals surface area contributed by atoms with Gasteiger partial charge in [0.15, 0.2) is 0 Å². The lowest BCUT2D eigenvalue weighted by Crippen LogP contribution is -2.38. The Hall–Kier alpha value is -1.77. The van der Waals surface area contributed by atoms with Crippen LogP contribution in [0.3, 0.4) is 0 Å². The van der Waals surface area contributed by atoms with E-state index < -0.39 is 0 Å². The molecule has 0 unspecified atom stereocenters. The van der Waals surface area contributed by atoms with E-state index in [1.807, 2.05) is 17.1 Å². The molecule has 0 amide bonds. The van der Waals surface area contributed by atoms with Crippen molar-refractivity contribution < 1.29 is 0 Å². The molecule has 16 heavy (non-hydrogen) atoms. The molecule has 0 aromatic rings. The third kappa shape index (κ3) is 5.86. The van der Waals surface area contributed by atoms with E-state index in [4.69, 9.17) is 0 Å². The second kappa shape index (κ2) is 9.77. The lowest BCUT2D eigenvalue weighted by Gasteiger charge is -2.22. The van der Waals surface area contributed by atoms with Gasteiger partial charge in [-0.25, -0.2) is 10.3 Å². The molecule has 0 bridgehead atoms. The van der Waals surface area contributed by atoms with Gasteiger partial charge in [0, 0.05) is 13.1 Å². The summed E-state index contributed by atoms with van der Waals surface area (Å²) in [6, 6.07) is 0. The molecule has 0 saturated heterocycles. The topological polar surface area (TPSA) is 29.7 Å². The van der Waals surface area contributed by atoms with E-state index in [1.54, 1.807) is 12.2 Å². The Kier molecular flexibility index (Phi) is 8.69. The molecular weight excluding hydrogens is 198 g/mol. The van der Waals surface area contributed by atoms with Crippen LogP contribution in [0.2, 0.25) is 0 Å². The van der Waals surface area contributed by atoms with Gasteiger partial charge in [0.1, 0.15) is 0 Å². The van der Waals surface area contributed by atoms with Crippen molar-refractivity contribution in [2.24, 2.45) is 4.99 Å². The molecule has 1 radical (unpaired) electrons. The van der Waals surface area contributed by atoms with Crippen LogP contribution in [0.15, 0.2) is 55.6 Å². The third-order valence-electron chi connectivity index (χ3n) is 1.71. The Morgan fingerprint density at radius 1 is 0.875 bits per heavy atom. The van der Waals surface area contributed by atoms with Crippen LogP contribution in [0.5, 0.6) is 0 Å².